The fourth-order valence-corrected chi connectivity index (χ4v) is 1.23. The molecular weight excluding hydrogens is 190 g/mol. The molecular formula is C9H12ClNO2. The highest BCUT2D eigenvalue weighted by molar-refractivity contribution is 6.18. The fourth-order valence-electron chi connectivity index (χ4n) is 1.06. The Labute approximate surface area is 82.0 Å². The lowest BCUT2D eigenvalue weighted by Gasteiger charge is -2.15. The van der Waals surface area contributed by atoms with Crippen LogP contribution in [0.1, 0.15) is 17.4 Å². The first-order chi connectivity index (χ1) is 6.15. The second-order valence-electron chi connectivity index (χ2n) is 2.90. The summed E-state index contributed by atoms with van der Waals surface area (Å²) in [6, 6.07) is 3.38. The van der Waals surface area contributed by atoms with Crippen molar-refractivity contribution in [1.82, 2.24) is 4.98 Å². The molecule has 0 aliphatic carbocycles. The summed E-state index contributed by atoms with van der Waals surface area (Å²) in [4.78, 5) is 3.98. The van der Waals surface area contributed by atoms with Crippen molar-refractivity contribution in [2.24, 2.45) is 0 Å². The minimum atomic E-state index is -0.931. The maximum atomic E-state index is 9.55. The van der Waals surface area contributed by atoms with E-state index in [-0.39, 0.29) is 5.88 Å². The van der Waals surface area contributed by atoms with Gasteiger partial charge in [0, 0.05) is 11.9 Å². The van der Waals surface area contributed by atoms with Crippen molar-refractivity contribution in [2.75, 3.05) is 5.88 Å². The van der Waals surface area contributed by atoms with Gasteiger partial charge in [0.15, 0.2) is 0 Å². The van der Waals surface area contributed by atoms with Crippen LogP contribution in [0.4, 0.5) is 0 Å². The molecule has 1 aromatic rings. The number of aliphatic hydroxyl groups excluding tert-OH is 2. The molecule has 13 heavy (non-hydrogen) atoms. The highest BCUT2D eigenvalue weighted by Crippen LogP contribution is 2.17. The van der Waals surface area contributed by atoms with Crippen molar-refractivity contribution in [2.45, 2.75) is 19.1 Å². The van der Waals surface area contributed by atoms with Crippen LogP contribution in [0.5, 0.6) is 0 Å². The zero-order valence-corrected chi connectivity index (χ0v) is 8.07. The molecule has 1 heterocycles. The van der Waals surface area contributed by atoms with Crippen LogP contribution in [0.15, 0.2) is 18.3 Å². The van der Waals surface area contributed by atoms with Crippen LogP contribution in [-0.2, 0) is 0 Å². The lowest BCUT2D eigenvalue weighted by atomic mass is 10.1. The maximum absolute atomic E-state index is 9.55. The Morgan fingerprint density at radius 1 is 1.54 bits per heavy atom. The number of halogens is 1. The molecule has 1 aromatic heterocycles. The third-order valence-electron chi connectivity index (χ3n) is 1.78. The van der Waals surface area contributed by atoms with Crippen LogP contribution in [0.2, 0.25) is 0 Å². The molecule has 0 saturated heterocycles. The third-order valence-corrected chi connectivity index (χ3v) is 2.10. The Morgan fingerprint density at radius 3 is 2.77 bits per heavy atom. The Bertz CT molecular complexity index is 280. The van der Waals surface area contributed by atoms with E-state index in [2.05, 4.69) is 4.98 Å². The van der Waals surface area contributed by atoms with Gasteiger partial charge in [0.2, 0.25) is 0 Å². The van der Waals surface area contributed by atoms with Crippen molar-refractivity contribution < 1.29 is 10.2 Å². The van der Waals surface area contributed by atoms with Crippen LogP contribution < -0.4 is 0 Å². The quantitative estimate of drug-likeness (QED) is 0.719. The van der Waals surface area contributed by atoms with Crippen molar-refractivity contribution in [3.05, 3.63) is 29.6 Å². The van der Waals surface area contributed by atoms with Crippen LogP contribution >= 0.6 is 11.6 Å². The van der Waals surface area contributed by atoms with Gasteiger partial charge < -0.3 is 10.2 Å². The first-order valence-corrected chi connectivity index (χ1v) is 4.53. The molecule has 0 radical (unpaired) electrons. The molecule has 2 N–H and O–H groups in total. The Kier molecular flexibility index (Phi) is 3.66. The number of aryl methyl sites for hydroxylation is 1. The topological polar surface area (TPSA) is 53.4 Å². The van der Waals surface area contributed by atoms with Gasteiger partial charge in [-0.3, -0.25) is 4.98 Å². The van der Waals surface area contributed by atoms with Gasteiger partial charge in [-0.1, -0.05) is 0 Å². The number of hydrogen-bond donors (Lipinski definition) is 2. The standard InChI is InChI=1S/C9H12ClNO2/c1-6-4-7(2-3-11-6)9(13)8(12)5-10/h2-4,8-9,12-13H,5H2,1H3. The lowest BCUT2D eigenvalue weighted by Crippen LogP contribution is -2.19. The number of aliphatic hydroxyl groups is 2. The molecule has 4 heteroatoms. The summed E-state index contributed by atoms with van der Waals surface area (Å²) in [6.07, 6.45) is -0.267. The van der Waals surface area contributed by atoms with E-state index in [0.717, 1.165) is 5.69 Å². The van der Waals surface area contributed by atoms with Gasteiger partial charge in [-0.25, -0.2) is 0 Å². The fraction of sp³-hybridized carbons (Fsp3) is 0.444. The molecule has 2 atom stereocenters. The van der Waals surface area contributed by atoms with Crippen LogP contribution in [-0.4, -0.2) is 27.2 Å². The minimum Gasteiger partial charge on any atom is -0.389 e. The van der Waals surface area contributed by atoms with Crippen LogP contribution in [0, 0.1) is 6.92 Å². The van der Waals surface area contributed by atoms with Gasteiger partial charge >= 0.3 is 0 Å². The largest absolute Gasteiger partial charge is 0.389 e. The molecule has 3 nitrogen and oxygen atoms in total. The summed E-state index contributed by atoms with van der Waals surface area (Å²) in [5.74, 6) is 0.0164. The molecule has 0 aliphatic rings. The van der Waals surface area contributed by atoms with Crippen molar-refractivity contribution in [3.8, 4) is 0 Å². The molecule has 0 saturated carbocycles. The molecule has 0 bridgehead atoms. The van der Waals surface area contributed by atoms with Crippen LogP contribution in [0.3, 0.4) is 0 Å². The van der Waals surface area contributed by atoms with Crippen molar-refractivity contribution in [3.63, 3.8) is 0 Å². The Morgan fingerprint density at radius 2 is 2.23 bits per heavy atom. The Hall–Kier alpha value is -0.640. The lowest BCUT2D eigenvalue weighted by molar-refractivity contribution is 0.0326. The summed E-state index contributed by atoms with van der Waals surface area (Å²) in [6.45, 7) is 1.82. The van der Waals surface area contributed by atoms with Gasteiger partial charge in [-0.15, -0.1) is 11.6 Å². The van der Waals surface area contributed by atoms with Crippen LogP contribution in [0.25, 0.3) is 0 Å². The van der Waals surface area contributed by atoms with Gasteiger partial charge in [-0.2, -0.15) is 0 Å². The molecule has 0 fully saturated rings. The van der Waals surface area contributed by atoms with E-state index in [1.807, 2.05) is 6.92 Å². The average molecular weight is 202 g/mol. The smallest absolute Gasteiger partial charge is 0.106 e. The van der Waals surface area contributed by atoms with Gasteiger partial charge in [0.1, 0.15) is 6.10 Å². The number of aromatic nitrogens is 1. The predicted octanol–water partition coefficient (Wildman–Crippen LogP) is 1.02. The first-order valence-electron chi connectivity index (χ1n) is 4.00. The van der Waals surface area contributed by atoms with E-state index in [1.165, 1.54) is 0 Å². The summed E-state index contributed by atoms with van der Waals surface area (Å²) in [5.41, 5.74) is 1.44. The van der Waals surface area contributed by atoms with Crippen molar-refractivity contribution in [1.29, 1.82) is 0 Å². The molecule has 0 spiro atoms. The van der Waals surface area contributed by atoms with Gasteiger partial charge in [0.05, 0.1) is 12.0 Å². The predicted molar refractivity (Wildman–Crippen MR) is 50.7 cm³/mol. The third kappa shape index (κ3) is 2.66. The van der Waals surface area contributed by atoms with Gasteiger partial charge in [-0.05, 0) is 24.6 Å². The minimum absolute atomic E-state index is 0.0164. The monoisotopic (exact) mass is 201 g/mol. The van der Waals surface area contributed by atoms with E-state index >= 15 is 0 Å². The molecule has 2 unspecified atom stereocenters. The molecule has 0 aromatic carbocycles. The highest BCUT2D eigenvalue weighted by Gasteiger charge is 2.16. The van der Waals surface area contributed by atoms with E-state index in [0.29, 0.717) is 5.56 Å². The normalized spacial score (nSPS) is 15.4. The molecule has 1 rings (SSSR count). The molecule has 72 valence electrons. The average Bonchev–Trinajstić information content (AvgIpc) is 2.15. The summed E-state index contributed by atoms with van der Waals surface area (Å²) in [7, 11) is 0. The maximum Gasteiger partial charge on any atom is 0.106 e. The van der Waals surface area contributed by atoms with E-state index in [9.17, 15) is 10.2 Å². The summed E-state index contributed by atoms with van der Waals surface area (Å²) in [5, 5.41) is 18.8. The zero-order valence-electron chi connectivity index (χ0n) is 7.31. The second kappa shape index (κ2) is 4.56. The summed E-state index contributed by atoms with van der Waals surface area (Å²) < 4.78 is 0. The van der Waals surface area contributed by atoms with E-state index in [4.69, 9.17) is 11.6 Å². The molecule has 0 aliphatic heterocycles. The Balaban J connectivity index is 2.82. The highest BCUT2D eigenvalue weighted by atomic mass is 35.5. The zero-order chi connectivity index (χ0) is 9.84. The number of alkyl halides is 1. The van der Waals surface area contributed by atoms with E-state index in [1.54, 1.807) is 18.3 Å². The number of rotatable bonds is 3. The second-order valence-corrected chi connectivity index (χ2v) is 3.21. The SMILES string of the molecule is Cc1cc(C(O)C(O)CCl)ccn1. The molecule has 0 amide bonds. The number of nitrogens with zero attached hydrogens (tertiary/aromatic N) is 1. The number of hydrogen-bond acceptors (Lipinski definition) is 3. The van der Waals surface area contributed by atoms with Gasteiger partial charge in [0.25, 0.3) is 0 Å². The summed E-state index contributed by atoms with van der Waals surface area (Å²) >= 11 is 5.41. The first kappa shape index (κ1) is 10.4. The number of pyridine rings is 1. The van der Waals surface area contributed by atoms with E-state index < -0.39 is 12.2 Å². The van der Waals surface area contributed by atoms with Crippen molar-refractivity contribution >= 4 is 11.6 Å².